The number of hydrogen-bond acceptors (Lipinski definition) is 7. The van der Waals surface area contributed by atoms with Crippen molar-refractivity contribution < 1.29 is 33.6 Å². The van der Waals surface area contributed by atoms with Gasteiger partial charge >= 0.3 is 0 Å². The van der Waals surface area contributed by atoms with E-state index in [0.29, 0.717) is 45.1 Å². The van der Waals surface area contributed by atoms with Gasteiger partial charge in [0, 0.05) is 50.1 Å². The lowest BCUT2D eigenvalue weighted by Gasteiger charge is -2.24. The van der Waals surface area contributed by atoms with Crippen LogP contribution in [-0.2, 0) is 33.6 Å². The van der Waals surface area contributed by atoms with E-state index in [2.05, 4.69) is 16.0 Å². The zero-order valence-electron chi connectivity index (χ0n) is 23.9. The van der Waals surface area contributed by atoms with Gasteiger partial charge in [-0.15, -0.1) is 0 Å². The van der Waals surface area contributed by atoms with Crippen molar-refractivity contribution in [1.82, 2.24) is 16.0 Å². The Hall–Kier alpha value is -2.91. The maximum absolute atomic E-state index is 13.1. The minimum absolute atomic E-state index is 0.0235. The maximum atomic E-state index is 13.1. The van der Waals surface area contributed by atoms with Crippen LogP contribution < -0.4 is 16.0 Å². The highest BCUT2D eigenvalue weighted by Gasteiger charge is 2.26. The molecule has 0 bridgehead atoms. The number of rotatable bonds is 21. The Bertz CT molecular complexity index is 840. The van der Waals surface area contributed by atoms with Crippen LogP contribution in [0.5, 0.6) is 0 Å². The zero-order chi connectivity index (χ0) is 29.3. The molecule has 4 unspecified atom stereocenters. The monoisotopic (exact) mass is 537 g/mol. The molecule has 0 radical (unpaired) electrons. The normalized spacial score (nSPS) is 13.9. The second kappa shape index (κ2) is 19.2. The Morgan fingerprint density at radius 2 is 1.05 bits per heavy atom. The van der Waals surface area contributed by atoms with Crippen molar-refractivity contribution in [2.75, 3.05) is 6.54 Å². The highest BCUT2D eigenvalue weighted by molar-refractivity contribution is 5.89. The van der Waals surface area contributed by atoms with Gasteiger partial charge in [-0.2, -0.15) is 0 Å². The first-order chi connectivity index (χ1) is 17.7. The molecule has 0 aromatic heterocycles. The summed E-state index contributed by atoms with van der Waals surface area (Å²) in [5, 5.41) is 8.41. The van der Waals surface area contributed by atoms with Gasteiger partial charge in [-0.3, -0.25) is 19.2 Å². The SMILES string of the molecule is CC(=O)CCC(C)C(=O)NCCCCC(CC(C)=O)NC(=O)C(CCC(C)=O)NC(=O)C(C)CCC(C)=O. The molecule has 3 amide bonds. The first-order valence-electron chi connectivity index (χ1n) is 13.6. The molecule has 0 aliphatic heterocycles. The van der Waals surface area contributed by atoms with Crippen molar-refractivity contribution in [2.24, 2.45) is 11.8 Å². The molecule has 0 aliphatic rings. The molecular formula is C28H47N3O7. The third-order valence-corrected chi connectivity index (χ3v) is 6.33. The van der Waals surface area contributed by atoms with E-state index < -0.39 is 23.9 Å². The summed E-state index contributed by atoms with van der Waals surface area (Å²) < 4.78 is 0. The first-order valence-corrected chi connectivity index (χ1v) is 13.6. The van der Waals surface area contributed by atoms with Gasteiger partial charge < -0.3 is 30.3 Å². The molecule has 10 nitrogen and oxygen atoms in total. The average Bonchev–Trinajstić information content (AvgIpc) is 2.81. The standard InChI is InChI=1S/C28H47N3O7/c1-18(10-12-20(3)32)26(36)29-16-8-7-9-24(17-23(6)35)30-28(38)25(15-14-22(5)34)31-27(37)19(2)11-13-21(4)33/h18-19,24-25H,7-17H2,1-6H3,(H,29,36)(H,30,38)(H,31,37). The van der Waals surface area contributed by atoms with E-state index in [4.69, 9.17) is 0 Å². The van der Waals surface area contributed by atoms with E-state index in [0.717, 1.165) is 0 Å². The number of carbonyl (C=O) groups excluding carboxylic acids is 7. The number of nitrogens with one attached hydrogen (secondary N) is 3. The number of amides is 3. The highest BCUT2D eigenvalue weighted by Crippen LogP contribution is 2.11. The summed E-state index contributed by atoms with van der Waals surface area (Å²) in [6, 6.07) is -1.38. The van der Waals surface area contributed by atoms with Gasteiger partial charge in [-0.1, -0.05) is 13.8 Å². The van der Waals surface area contributed by atoms with Crippen molar-refractivity contribution in [3.8, 4) is 0 Å². The van der Waals surface area contributed by atoms with E-state index in [1.807, 2.05) is 0 Å². The van der Waals surface area contributed by atoms with Crippen molar-refractivity contribution >= 4 is 40.9 Å². The number of carbonyl (C=O) groups is 7. The van der Waals surface area contributed by atoms with Crippen LogP contribution in [0, 0.1) is 11.8 Å². The third kappa shape index (κ3) is 17.5. The van der Waals surface area contributed by atoms with E-state index in [1.165, 1.54) is 27.7 Å². The number of ketones is 4. The molecule has 10 heteroatoms. The van der Waals surface area contributed by atoms with Crippen molar-refractivity contribution in [3.05, 3.63) is 0 Å². The quantitative estimate of drug-likeness (QED) is 0.190. The maximum Gasteiger partial charge on any atom is 0.242 e. The van der Waals surface area contributed by atoms with Crippen molar-refractivity contribution in [2.45, 2.75) is 118 Å². The summed E-state index contributed by atoms with van der Waals surface area (Å²) in [5.41, 5.74) is 0. The lowest BCUT2D eigenvalue weighted by Crippen LogP contribution is -2.51. The van der Waals surface area contributed by atoms with Gasteiger partial charge in [0.2, 0.25) is 17.7 Å². The molecule has 3 N–H and O–H groups in total. The largest absolute Gasteiger partial charge is 0.356 e. The van der Waals surface area contributed by atoms with Crippen LogP contribution in [0.1, 0.15) is 106 Å². The van der Waals surface area contributed by atoms with E-state index in [1.54, 1.807) is 13.8 Å². The van der Waals surface area contributed by atoms with Gasteiger partial charge in [-0.05, 0) is 66.2 Å². The molecule has 0 aromatic rings. The van der Waals surface area contributed by atoms with Crippen LogP contribution in [0.4, 0.5) is 0 Å². The molecule has 4 atom stereocenters. The second-order valence-corrected chi connectivity index (χ2v) is 10.5. The number of hydrogen-bond donors (Lipinski definition) is 3. The molecule has 0 spiro atoms. The minimum Gasteiger partial charge on any atom is -0.356 e. The lowest BCUT2D eigenvalue weighted by atomic mass is 10.0. The molecule has 0 saturated heterocycles. The second-order valence-electron chi connectivity index (χ2n) is 10.5. The predicted octanol–water partition coefficient (Wildman–Crippen LogP) is 2.60. The Morgan fingerprint density at radius 3 is 1.55 bits per heavy atom. The summed E-state index contributed by atoms with van der Waals surface area (Å²) >= 11 is 0. The van der Waals surface area contributed by atoms with Crippen molar-refractivity contribution in [1.29, 1.82) is 0 Å². The fourth-order valence-electron chi connectivity index (χ4n) is 3.81. The Kier molecular flexibility index (Phi) is 17.7. The molecule has 38 heavy (non-hydrogen) atoms. The Balaban J connectivity index is 4.94. The minimum atomic E-state index is -0.934. The van der Waals surface area contributed by atoms with Gasteiger partial charge in [0.15, 0.2) is 0 Å². The van der Waals surface area contributed by atoms with Gasteiger partial charge in [-0.25, -0.2) is 0 Å². The smallest absolute Gasteiger partial charge is 0.242 e. The van der Waals surface area contributed by atoms with E-state index in [-0.39, 0.29) is 66.5 Å². The fraction of sp³-hybridized carbons (Fsp3) is 0.750. The Morgan fingerprint density at radius 1 is 0.553 bits per heavy atom. The predicted molar refractivity (Wildman–Crippen MR) is 144 cm³/mol. The molecule has 0 aromatic carbocycles. The van der Waals surface area contributed by atoms with Gasteiger partial charge in [0.05, 0.1) is 0 Å². The number of Topliss-reactive ketones (excluding diaryl/α,β-unsaturated/α-hetero) is 4. The van der Waals surface area contributed by atoms with Crippen LogP contribution in [-0.4, -0.2) is 59.5 Å². The van der Waals surface area contributed by atoms with E-state index >= 15 is 0 Å². The summed E-state index contributed by atoms with van der Waals surface area (Å²) in [6.07, 6.45) is 3.66. The summed E-state index contributed by atoms with van der Waals surface area (Å²) in [6.45, 7) is 9.70. The molecule has 0 saturated carbocycles. The average molecular weight is 538 g/mol. The fourth-order valence-corrected chi connectivity index (χ4v) is 3.81. The van der Waals surface area contributed by atoms with Crippen LogP contribution in [0.2, 0.25) is 0 Å². The van der Waals surface area contributed by atoms with Gasteiger partial charge in [0.25, 0.3) is 0 Å². The topological polar surface area (TPSA) is 156 Å². The van der Waals surface area contributed by atoms with E-state index in [9.17, 15) is 33.6 Å². The van der Waals surface area contributed by atoms with Crippen molar-refractivity contribution in [3.63, 3.8) is 0 Å². The zero-order valence-corrected chi connectivity index (χ0v) is 23.9. The lowest BCUT2D eigenvalue weighted by molar-refractivity contribution is -0.132. The summed E-state index contributed by atoms with van der Waals surface area (Å²) in [4.78, 5) is 83.5. The van der Waals surface area contributed by atoms with Crippen LogP contribution in [0.3, 0.4) is 0 Å². The highest BCUT2D eigenvalue weighted by atomic mass is 16.2. The summed E-state index contributed by atoms with van der Waals surface area (Å²) in [5.74, 6) is -1.84. The Labute approximate surface area is 226 Å². The third-order valence-electron chi connectivity index (χ3n) is 6.33. The molecule has 216 valence electrons. The molecular weight excluding hydrogens is 490 g/mol. The number of unbranched alkanes of at least 4 members (excludes halogenated alkanes) is 1. The van der Waals surface area contributed by atoms with Crippen LogP contribution >= 0.6 is 0 Å². The molecule has 0 rings (SSSR count). The molecule has 0 heterocycles. The molecule has 0 aliphatic carbocycles. The van der Waals surface area contributed by atoms with Gasteiger partial charge in [0.1, 0.15) is 29.2 Å². The van der Waals surface area contributed by atoms with Crippen LogP contribution in [0.15, 0.2) is 0 Å². The van der Waals surface area contributed by atoms with Crippen LogP contribution in [0.25, 0.3) is 0 Å². The summed E-state index contributed by atoms with van der Waals surface area (Å²) in [7, 11) is 0. The first kappa shape index (κ1) is 35.1. The molecule has 0 fully saturated rings.